The molecule has 0 bridgehead atoms. The molecule has 0 spiro atoms. The lowest BCUT2D eigenvalue weighted by Crippen LogP contribution is -2.29. The van der Waals surface area contributed by atoms with Crippen LogP contribution in [0.5, 0.6) is 0 Å². The minimum atomic E-state index is -4.48. The van der Waals surface area contributed by atoms with E-state index in [1.807, 2.05) is 0 Å². The molecule has 1 fully saturated rings. The Labute approximate surface area is 146 Å². The number of Topliss-reactive ketones (excluding diaryl/α,β-unsaturated/α-hetero) is 1. The largest absolute Gasteiger partial charge is 0.416 e. The van der Waals surface area contributed by atoms with Crippen molar-refractivity contribution in [3.63, 3.8) is 0 Å². The second kappa shape index (κ2) is 6.62. The Morgan fingerprint density at radius 3 is 2.19 bits per heavy atom. The fourth-order valence-corrected chi connectivity index (χ4v) is 2.63. The number of para-hydroxylation sites is 1. The van der Waals surface area contributed by atoms with Gasteiger partial charge in [0.2, 0.25) is 11.7 Å². The van der Waals surface area contributed by atoms with Gasteiger partial charge in [-0.25, -0.2) is 0 Å². The molecule has 1 saturated heterocycles. The molecule has 2 aromatic rings. The SMILES string of the molecule is O=C(Nc1ccc(C(F)(F)F)cc1)C1CN(c2ccccc2)C(=O)C1=O. The van der Waals surface area contributed by atoms with Gasteiger partial charge < -0.3 is 10.2 Å². The zero-order valence-corrected chi connectivity index (χ0v) is 13.3. The molecule has 2 aromatic carbocycles. The van der Waals surface area contributed by atoms with Crippen molar-refractivity contribution >= 4 is 29.0 Å². The molecule has 134 valence electrons. The molecule has 1 atom stereocenters. The Morgan fingerprint density at radius 1 is 1.00 bits per heavy atom. The van der Waals surface area contributed by atoms with Crippen molar-refractivity contribution in [3.05, 3.63) is 60.2 Å². The van der Waals surface area contributed by atoms with Crippen molar-refractivity contribution in [2.75, 3.05) is 16.8 Å². The van der Waals surface area contributed by atoms with Crippen LogP contribution in [0.1, 0.15) is 5.56 Å². The molecule has 1 unspecified atom stereocenters. The number of benzene rings is 2. The maximum Gasteiger partial charge on any atom is 0.416 e. The zero-order chi connectivity index (χ0) is 18.9. The number of carbonyl (C=O) groups is 3. The molecule has 1 aliphatic heterocycles. The van der Waals surface area contributed by atoms with E-state index < -0.39 is 35.3 Å². The normalized spacial score (nSPS) is 17.5. The number of nitrogens with one attached hydrogen (secondary N) is 1. The van der Waals surface area contributed by atoms with E-state index in [0.717, 1.165) is 24.3 Å². The van der Waals surface area contributed by atoms with Crippen LogP contribution in [0.2, 0.25) is 0 Å². The highest BCUT2D eigenvalue weighted by Crippen LogP contribution is 2.30. The van der Waals surface area contributed by atoms with E-state index >= 15 is 0 Å². The van der Waals surface area contributed by atoms with Gasteiger partial charge in [-0.1, -0.05) is 18.2 Å². The molecular formula is C18H13F3N2O3. The van der Waals surface area contributed by atoms with Gasteiger partial charge in [0.15, 0.2) is 0 Å². The summed E-state index contributed by atoms with van der Waals surface area (Å²) >= 11 is 0. The van der Waals surface area contributed by atoms with E-state index in [9.17, 15) is 27.6 Å². The monoisotopic (exact) mass is 362 g/mol. The van der Waals surface area contributed by atoms with Crippen molar-refractivity contribution in [1.82, 2.24) is 0 Å². The molecule has 1 aliphatic rings. The van der Waals surface area contributed by atoms with Crippen molar-refractivity contribution in [3.8, 4) is 0 Å². The molecule has 2 amide bonds. The van der Waals surface area contributed by atoms with E-state index in [2.05, 4.69) is 5.32 Å². The molecule has 1 N–H and O–H groups in total. The highest BCUT2D eigenvalue weighted by Gasteiger charge is 2.43. The van der Waals surface area contributed by atoms with Gasteiger partial charge in [0.25, 0.3) is 5.91 Å². The van der Waals surface area contributed by atoms with Gasteiger partial charge in [-0.3, -0.25) is 14.4 Å². The minimum absolute atomic E-state index is 0.112. The predicted molar refractivity (Wildman–Crippen MR) is 87.4 cm³/mol. The number of alkyl halides is 3. The first-order valence-corrected chi connectivity index (χ1v) is 7.66. The van der Waals surface area contributed by atoms with E-state index in [1.165, 1.54) is 4.90 Å². The first kappa shape index (κ1) is 17.7. The number of halogens is 3. The quantitative estimate of drug-likeness (QED) is 0.674. The van der Waals surface area contributed by atoms with Gasteiger partial charge in [0.05, 0.1) is 5.56 Å². The molecule has 0 radical (unpaired) electrons. The number of nitrogens with zero attached hydrogens (tertiary/aromatic N) is 1. The lowest BCUT2D eigenvalue weighted by Gasteiger charge is -2.15. The highest BCUT2D eigenvalue weighted by atomic mass is 19.4. The molecule has 3 rings (SSSR count). The van der Waals surface area contributed by atoms with Crippen LogP contribution in [0.4, 0.5) is 24.5 Å². The number of anilines is 2. The predicted octanol–water partition coefficient (Wildman–Crippen LogP) is 2.88. The Hall–Kier alpha value is -3.16. The standard InChI is InChI=1S/C18H13F3N2O3/c19-18(20,21)11-6-8-12(9-7-11)22-16(25)14-10-23(17(26)15(14)24)13-4-2-1-3-5-13/h1-9,14H,10H2,(H,22,25). The van der Waals surface area contributed by atoms with Crippen molar-refractivity contribution in [2.24, 2.45) is 5.92 Å². The third-order valence-corrected chi connectivity index (χ3v) is 4.00. The van der Waals surface area contributed by atoms with E-state index in [1.54, 1.807) is 30.3 Å². The topological polar surface area (TPSA) is 66.5 Å². The van der Waals surface area contributed by atoms with Crippen LogP contribution in [-0.2, 0) is 20.6 Å². The summed E-state index contributed by atoms with van der Waals surface area (Å²) in [5.41, 5.74) is -0.241. The maximum absolute atomic E-state index is 12.6. The summed E-state index contributed by atoms with van der Waals surface area (Å²) < 4.78 is 37.7. The summed E-state index contributed by atoms with van der Waals surface area (Å²) in [6.45, 7) is -0.117. The van der Waals surface area contributed by atoms with Crippen LogP contribution in [0.3, 0.4) is 0 Å². The first-order chi connectivity index (χ1) is 12.3. The molecular weight excluding hydrogens is 349 g/mol. The Bertz CT molecular complexity index is 848. The second-order valence-electron chi connectivity index (χ2n) is 5.73. The van der Waals surface area contributed by atoms with E-state index in [4.69, 9.17) is 0 Å². The summed E-state index contributed by atoms with van der Waals surface area (Å²) in [5.74, 6) is -3.59. The van der Waals surface area contributed by atoms with Crippen LogP contribution in [-0.4, -0.2) is 24.1 Å². The first-order valence-electron chi connectivity index (χ1n) is 7.66. The lowest BCUT2D eigenvalue weighted by molar-refractivity contribution is -0.138. The summed E-state index contributed by atoms with van der Waals surface area (Å²) in [6, 6.07) is 12.3. The molecule has 1 heterocycles. The third-order valence-electron chi connectivity index (χ3n) is 4.00. The molecule has 0 aliphatic carbocycles. The number of carbonyl (C=O) groups excluding carboxylic acids is 3. The fourth-order valence-electron chi connectivity index (χ4n) is 2.63. The van der Waals surface area contributed by atoms with Gasteiger partial charge in [-0.15, -0.1) is 0 Å². The van der Waals surface area contributed by atoms with E-state index in [0.29, 0.717) is 5.69 Å². The Kier molecular flexibility index (Phi) is 4.50. The molecule has 26 heavy (non-hydrogen) atoms. The number of hydrogen-bond acceptors (Lipinski definition) is 3. The van der Waals surface area contributed by atoms with E-state index in [-0.39, 0.29) is 12.2 Å². The molecule has 0 saturated carbocycles. The Balaban J connectivity index is 1.72. The summed E-state index contributed by atoms with van der Waals surface area (Å²) in [6.07, 6.45) is -4.48. The van der Waals surface area contributed by atoms with Gasteiger partial charge in [0.1, 0.15) is 5.92 Å². The number of ketones is 1. The summed E-state index contributed by atoms with van der Waals surface area (Å²) in [7, 11) is 0. The maximum atomic E-state index is 12.6. The molecule has 8 heteroatoms. The Morgan fingerprint density at radius 2 is 1.62 bits per heavy atom. The third kappa shape index (κ3) is 3.44. The van der Waals surface area contributed by atoms with Crippen LogP contribution in [0, 0.1) is 5.92 Å². The highest BCUT2D eigenvalue weighted by molar-refractivity contribution is 6.48. The van der Waals surface area contributed by atoms with Crippen LogP contribution < -0.4 is 10.2 Å². The smallest absolute Gasteiger partial charge is 0.325 e. The second-order valence-corrected chi connectivity index (χ2v) is 5.73. The van der Waals surface area contributed by atoms with Gasteiger partial charge in [-0.05, 0) is 36.4 Å². The lowest BCUT2D eigenvalue weighted by atomic mass is 10.1. The summed E-state index contributed by atoms with van der Waals surface area (Å²) in [5, 5.41) is 2.38. The van der Waals surface area contributed by atoms with Crippen molar-refractivity contribution in [2.45, 2.75) is 6.18 Å². The van der Waals surface area contributed by atoms with Crippen LogP contribution >= 0.6 is 0 Å². The summed E-state index contributed by atoms with van der Waals surface area (Å²) in [4.78, 5) is 37.7. The van der Waals surface area contributed by atoms with Crippen molar-refractivity contribution in [1.29, 1.82) is 0 Å². The average molecular weight is 362 g/mol. The minimum Gasteiger partial charge on any atom is -0.325 e. The number of amides is 2. The number of rotatable bonds is 3. The molecule has 0 aromatic heterocycles. The van der Waals surface area contributed by atoms with Crippen LogP contribution in [0.15, 0.2) is 54.6 Å². The van der Waals surface area contributed by atoms with Gasteiger partial charge >= 0.3 is 6.18 Å². The average Bonchev–Trinajstić information content (AvgIpc) is 2.91. The van der Waals surface area contributed by atoms with Crippen molar-refractivity contribution < 1.29 is 27.6 Å². The number of hydrogen-bond donors (Lipinski definition) is 1. The van der Waals surface area contributed by atoms with Gasteiger partial charge in [-0.2, -0.15) is 13.2 Å². The van der Waals surface area contributed by atoms with Crippen LogP contribution in [0.25, 0.3) is 0 Å². The zero-order valence-electron chi connectivity index (χ0n) is 13.3. The van der Waals surface area contributed by atoms with Gasteiger partial charge in [0, 0.05) is 17.9 Å². The fraction of sp³-hybridized carbons (Fsp3) is 0.167. The molecule has 5 nitrogen and oxygen atoms in total.